The zero-order chi connectivity index (χ0) is 19.2. The third-order valence-electron chi connectivity index (χ3n) is 3.84. The maximum atomic E-state index is 13.5. The summed E-state index contributed by atoms with van der Waals surface area (Å²) in [5, 5.41) is 0.764. The first-order chi connectivity index (χ1) is 11.2. The summed E-state index contributed by atoms with van der Waals surface area (Å²) in [6, 6.07) is 7.38. The van der Waals surface area contributed by atoms with Gasteiger partial charge < -0.3 is 17.3 Å². The van der Waals surface area contributed by atoms with E-state index in [4.69, 9.17) is 0 Å². The Hall–Kier alpha value is -1.25. The van der Waals surface area contributed by atoms with E-state index in [2.05, 4.69) is 0 Å². The van der Waals surface area contributed by atoms with Crippen molar-refractivity contribution in [1.29, 1.82) is 0 Å². The highest BCUT2D eigenvalue weighted by molar-refractivity contribution is 7.38. The number of rotatable bonds is 1. The van der Waals surface area contributed by atoms with Crippen molar-refractivity contribution in [1.82, 2.24) is 0 Å². The van der Waals surface area contributed by atoms with Crippen LogP contribution in [-0.2, 0) is 10.9 Å². The molecule has 0 nitrogen and oxygen atoms in total. The number of thiophene rings is 1. The summed E-state index contributed by atoms with van der Waals surface area (Å²) in [5.41, 5.74) is -3.31. The fraction of sp³-hybridized carbons (Fsp3) is 0.500. The molecule has 0 N–H and O–H groups in total. The van der Waals surface area contributed by atoms with Crippen molar-refractivity contribution in [3.8, 4) is 0 Å². The monoisotopic (exact) mass is 386 g/mol. The molecule has 2 aromatic rings. The Kier molecular flexibility index (Phi) is 5.21. The molecule has 1 aromatic heterocycles. The van der Waals surface area contributed by atoms with Crippen LogP contribution in [0.25, 0.3) is 10.1 Å². The van der Waals surface area contributed by atoms with Gasteiger partial charge in [0.25, 0.3) is 0 Å². The van der Waals surface area contributed by atoms with Crippen molar-refractivity contribution in [3.05, 3.63) is 34.7 Å². The van der Waals surface area contributed by atoms with Gasteiger partial charge in [-0.1, -0.05) is 26.8 Å². The molecule has 0 amide bonds. The molecule has 1 aromatic carbocycles. The predicted molar refractivity (Wildman–Crippen MR) is 88.6 cm³/mol. The van der Waals surface area contributed by atoms with Gasteiger partial charge in [-0.15, -0.1) is 13.2 Å². The van der Waals surface area contributed by atoms with Gasteiger partial charge in [0.15, 0.2) is 9.58 Å². The first-order valence-corrected chi connectivity index (χ1v) is 8.95. The molecule has 0 bridgehead atoms. The summed E-state index contributed by atoms with van der Waals surface area (Å²) in [5.74, 6) is 0.158. The van der Waals surface area contributed by atoms with Gasteiger partial charge >= 0.3 is 12.8 Å². The van der Waals surface area contributed by atoms with Crippen LogP contribution in [-0.4, -0.2) is 7.25 Å². The Bertz CT molecular complexity index is 743. The van der Waals surface area contributed by atoms with Crippen LogP contribution < -0.4 is 0 Å². The van der Waals surface area contributed by atoms with E-state index in [1.165, 1.54) is 0 Å². The van der Waals surface area contributed by atoms with Crippen LogP contribution in [0, 0.1) is 0 Å². The molecule has 1 unspecified atom stereocenters. The molecule has 9 heteroatoms. The van der Waals surface area contributed by atoms with Gasteiger partial charge in [-0.05, 0) is 29.9 Å². The first-order valence-electron chi connectivity index (χ1n) is 7.72. The Morgan fingerprint density at radius 3 is 1.88 bits per heavy atom. The highest BCUT2D eigenvalue weighted by atomic mass is 32.2. The third kappa shape index (κ3) is 5.36. The van der Waals surface area contributed by atoms with Gasteiger partial charge in [0.1, 0.15) is 0 Å². The van der Waals surface area contributed by atoms with E-state index in [-0.39, 0.29) is 11.3 Å². The Morgan fingerprint density at radius 2 is 1.48 bits per heavy atom. The Balaban J connectivity index is 0.000000399. The highest BCUT2D eigenvalue weighted by Gasteiger charge is 2.51. The number of benzene rings is 1. The van der Waals surface area contributed by atoms with Gasteiger partial charge in [0, 0.05) is 23.4 Å². The van der Waals surface area contributed by atoms with Gasteiger partial charge in [-0.25, -0.2) is 0 Å². The highest BCUT2D eigenvalue weighted by Crippen LogP contribution is 2.58. The van der Waals surface area contributed by atoms with E-state index in [1.54, 1.807) is 12.1 Å². The fourth-order valence-corrected chi connectivity index (χ4v) is 4.74. The second-order valence-corrected chi connectivity index (χ2v) is 9.06. The molecule has 25 heavy (non-hydrogen) atoms. The van der Waals surface area contributed by atoms with Crippen molar-refractivity contribution in [2.75, 3.05) is 0 Å². The average Bonchev–Trinajstić information content (AvgIpc) is 3.13. The second kappa shape index (κ2) is 6.48. The first kappa shape index (κ1) is 20.1. The molecule has 0 saturated heterocycles. The molecule has 1 aliphatic carbocycles. The van der Waals surface area contributed by atoms with E-state index < -0.39 is 23.2 Å². The number of hydrogen-bond acceptors (Lipinski definition) is 0. The van der Waals surface area contributed by atoms with Crippen LogP contribution in [0.1, 0.15) is 50.0 Å². The number of fused-ring (bicyclic) bond motifs is 1. The normalized spacial score (nSPS) is 16.6. The van der Waals surface area contributed by atoms with Gasteiger partial charge in [-0.3, -0.25) is 0 Å². The van der Waals surface area contributed by atoms with E-state index in [0.717, 1.165) is 23.8 Å². The molecule has 1 aliphatic rings. The summed E-state index contributed by atoms with van der Waals surface area (Å²) in [6.07, 6.45) is 1.82. The topological polar surface area (TPSA) is 0 Å². The largest absolute Gasteiger partial charge is 0.673 e. The zero-order valence-electron chi connectivity index (χ0n) is 13.9. The lowest BCUT2D eigenvalue weighted by Crippen LogP contribution is -2.10. The molecule has 1 heterocycles. The van der Waals surface area contributed by atoms with Crippen molar-refractivity contribution < 1.29 is 30.4 Å². The standard InChI is InChI=1S/C16H18F3S.BF4/c1-15(2,3)12-7-6-11-8-13(10-4-5-10)20(14(11)9-12)16(17,18)19;2-1(3,4)5/h6-10H,4-5H2,1-3H3;/q+1;-1. The van der Waals surface area contributed by atoms with Crippen LogP contribution >= 0.6 is 10.5 Å². The summed E-state index contributed by atoms with van der Waals surface area (Å²) >= 11 is 0. The van der Waals surface area contributed by atoms with E-state index in [9.17, 15) is 30.4 Å². The lowest BCUT2D eigenvalue weighted by Gasteiger charge is -2.18. The summed E-state index contributed by atoms with van der Waals surface area (Å²) in [4.78, 5) is 0.610. The third-order valence-corrected chi connectivity index (χ3v) is 6.02. The minimum absolute atomic E-state index is 0.127. The minimum atomic E-state index is -6.00. The number of hydrogen-bond donors (Lipinski definition) is 0. The van der Waals surface area contributed by atoms with E-state index in [0.29, 0.717) is 9.58 Å². The average molecular weight is 386 g/mol. The summed E-state index contributed by atoms with van der Waals surface area (Å²) < 4.78 is 79.9. The van der Waals surface area contributed by atoms with Gasteiger partial charge in [-0.2, -0.15) is 0 Å². The van der Waals surface area contributed by atoms with Crippen molar-refractivity contribution in [2.24, 2.45) is 0 Å². The zero-order valence-corrected chi connectivity index (χ0v) is 14.7. The summed E-state index contributed by atoms with van der Waals surface area (Å²) in [7, 11) is -7.71. The molecule has 1 fully saturated rings. The van der Waals surface area contributed by atoms with Gasteiger partial charge in [0.05, 0.1) is 10.5 Å². The smallest absolute Gasteiger partial charge is 0.418 e. The molecular formula is C16H18BF7S. The summed E-state index contributed by atoms with van der Waals surface area (Å²) in [6.45, 7) is 6.10. The van der Waals surface area contributed by atoms with E-state index in [1.807, 2.05) is 32.9 Å². The fourth-order valence-electron chi connectivity index (χ4n) is 2.55. The molecule has 3 rings (SSSR count). The minimum Gasteiger partial charge on any atom is -0.418 e. The molecule has 0 aliphatic heterocycles. The molecule has 1 atom stereocenters. The van der Waals surface area contributed by atoms with Crippen LogP contribution in [0.3, 0.4) is 0 Å². The lowest BCUT2D eigenvalue weighted by atomic mass is 9.87. The van der Waals surface area contributed by atoms with Crippen molar-refractivity contribution in [2.45, 2.75) is 50.5 Å². The van der Waals surface area contributed by atoms with Crippen molar-refractivity contribution >= 4 is 27.8 Å². The maximum absolute atomic E-state index is 13.5. The molecule has 0 radical (unpaired) electrons. The Morgan fingerprint density at radius 1 is 0.960 bits per heavy atom. The molecule has 1 saturated carbocycles. The van der Waals surface area contributed by atoms with Crippen LogP contribution in [0.15, 0.2) is 24.3 Å². The van der Waals surface area contributed by atoms with Crippen LogP contribution in [0.5, 0.6) is 0 Å². The quantitative estimate of drug-likeness (QED) is 0.270. The van der Waals surface area contributed by atoms with E-state index >= 15 is 0 Å². The van der Waals surface area contributed by atoms with Crippen LogP contribution in [0.4, 0.5) is 30.4 Å². The Labute approximate surface area is 144 Å². The lowest BCUT2D eigenvalue weighted by molar-refractivity contribution is -0.0867. The van der Waals surface area contributed by atoms with Crippen LogP contribution in [0.2, 0.25) is 0 Å². The van der Waals surface area contributed by atoms with Crippen molar-refractivity contribution in [3.63, 3.8) is 0 Å². The second-order valence-electron chi connectivity index (χ2n) is 7.07. The molecule has 0 spiro atoms. The SMILES string of the molecule is CC(C)(C)c1ccc2cc(C3CC3)[s+](C(F)(F)F)c2c1.F[B-](F)(F)F. The van der Waals surface area contributed by atoms with Gasteiger partial charge in [0.2, 0.25) is 0 Å². The number of halogens is 7. The molecule has 140 valence electrons. The maximum Gasteiger partial charge on any atom is 0.673 e. The number of alkyl halides is 3. The molecular weight excluding hydrogens is 368 g/mol. The predicted octanol–water partition coefficient (Wildman–Crippen LogP) is 7.54.